The third-order valence-corrected chi connectivity index (χ3v) is 3.14. The van der Waals surface area contributed by atoms with Crippen LogP contribution in [0, 0.1) is 0 Å². The third kappa shape index (κ3) is 5.76. The first kappa shape index (κ1) is 14.1. The molecule has 0 saturated carbocycles. The number of rotatable bonds is 7. The minimum absolute atomic E-state index is 0.153. The predicted molar refractivity (Wildman–Crippen MR) is 65.1 cm³/mol. The molecule has 0 saturated heterocycles. The van der Waals surface area contributed by atoms with Gasteiger partial charge in [-0.2, -0.15) is 0 Å². The SMILES string of the molecule is CN(CCS(C)(=O)=O)Cc1cn(CCN)nn1. The second-order valence-corrected chi connectivity index (χ2v) is 6.39. The van der Waals surface area contributed by atoms with E-state index in [0.717, 1.165) is 5.69 Å². The van der Waals surface area contributed by atoms with Crippen LogP contribution in [0.4, 0.5) is 0 Å². The van der Waals surface area contributed by atoms with Crippen molar-refractivity contribution in [2.24, 2.45) is 5.73 Å². The number of sulfone groups is 1. The van der Waals surface area contributed by atoms with Crippen LogP contribution in [-0.2, 0) is 22.9 Å². The van der Waals surface area contributed by atoms with Gasteiger partial charge in [0.05, 0.1) is 18.0 Å². The highest BCUT2D eigenvalue weighted by molar-refractivity contribution is 7.90. The van der Waals surface area contributed by atoms with Crippen LogP contribution < -0.4 is 5.73 Å². The van der Waals surface area contributed by atoms with Crippen molar-refractivity contribution in [1.29, 1.82) is 0 Å². The molecule has 0 bridgehead atoms. The molecule has 0 aliphatic carbocycles. The van der Waals surface area contributed by atoms with E-state index in [9.17, 15) is 8.42 Å². The summed E-state index contributed by atoms with van der Waals surface area (Å²) in [5.41, 5.74) is 6.22. The molecule has 1 rings (SSSR count). The standard InChI is InChI=1S/C9H19N5O2S/c1-13(5-6-17(2,15)16)7-9-8-14(4-3-10)12-11-9/h8H,3-7,10H2,1-2H3. The van der Waals surface area contributed by atoms with Crippen LogP contribution in [0.3, 0.4) is 0 Å². The average molecular weight is 261 g/mol. The van der Waals surface area contributed by atoms with E-state index in [2.05, 4.69) is 10.3 Å². The molecule has 0 aromatic carbocycles. The van der Waals surface area contributed by atoms with Gasteiger partial charge in [-0.25, -0.2) is 8.42 Å². The number of hydrogen-bond acceptors (Lipinski definition) is 6. The molecule has 0 aliphatic heterocycles. The molecule has 98 valence electrons. The summed E-state index contributed by atoms with van der Waals surface area (Å²) in [6.45, 7) is 2.23. The molecular formula is C9H19N5O2S. The summed E-state index contributed by atoms with van der Waals surface area (Å²) in [6, 6.07) is 0. The van der Waals surface area contributed by atoms with E-state index in [-0.39, 0.29) is 5.75 Å². The summed E-state index contributed by atoms with van der Waals surface area (Å²) in [6.07, 6.45) is 3.06. The third-order valence-electron chi connectivity index (χ3n) is 2.22. The second-order valence-electron chi connectivity index (χ2n) is 4.13. The summed E-state index contributed by atoms with van der Waals surface area (Å²) in [4.78, 5) is 1.90. The molecule has 0 radical (unpaired) electrons. The minimum Gasteiger partial charge on any atom is -0.329 e. The van der Waals surface area contributed by atoms with E-state index in [1.54, 1.807) is 4.68 Å². The van der Waals surface area contributed by atoms with E-state index < -0.39 is 9.84 Å². The molecule has 2 N–H and O–H groups in total. The molecule has 0 amide bonds. The largest absolute Gasteiger partial charge is 0.329 e. The van der Waals surface area contributed by atoms with E-state index in [1.807, 2.05) is 18.1 Å². The van der Waals surface area contributed by atoms with Gasteiger partial charge in [-0.1, -0.05) is 5.21 Å². The molecule has 1 aromatic heterocycles. The molecular weight excluding hydrogens is 242 g/mol. The van der Waals surface area contributed by atoms with Crippen LogP contribution in [0.25, 0.3) is 0 Å². The number of nitrogens with two attached hydrogens (primary N) is 1. The molecule has 1 aromatic rings. The molecule has 8 heteroatoms. The van der Waals surface area contributed by atoms with Gasteiger partial charge in [-0.15, -0.1) is 5.10 Å². The Balaban J connectivity index is 2.42. The molecule has 0 aliphatic rings. The zero-order valence-corrected chi connectivity index (χ0v) is 11.0. The first-order chi connectivity index (χ1) is 7.90. The van der Waals surface area contributed by atoms with Crippen LogP contribution in [0.2, 0.25) is 0 Å². The van der Waals surface area contributed by atoms with Gasteiger partial charge in [0.2, 0.25) is 0 Å². The second kappa shape index (κ2) is 6.08. The lowest BCUT2D eigenvalue weighted by Gasteiger charge is -2.13. The Hall–Kier alpha value is -0.990. The fraction of sp³-hybridized carbons (Fsp3) is 0.778. The summed E-state index contributed by atoms with van der Waals surface area (Å²) < 4.78 is 23.7. The van der Waals surface area contributed by atoms with Crippen molar-refractivity contribution in [2.45, 2.75) is 13.1 Å². The number of nitrogens with zero attached hydrogens (tertiary/aromatic N) is 4. The Morgan fingerprint density at radius 3 is 2.82 bits per heavy atom. The van der Waals surface area contributed by atoms with Crippen molar-refractivity contribution in [3.63, 3.8) is 0 Å². The summed E-state index contributed by atoms with van der Waals surface area (Å²) in [5.74, 6) is 0.153. The maximum Gasteiger partial charge on any atom is 0.148 e. The lowest BCUT2D eigenvalue weighted by molar-refractivity contribution is 0.341. The molecule has 0 fully saturated rings. The zero-order valence-electron chi connectivity index (χ0n) is 10.2. The normalized spacial score (nSPS) is 12.2. The van der Waals surface area contributed by atoms with Crippen LogP contribution in [0.5, 0.6) is 0 Å². The number of aromatic nitrogens is 3. The fourth-order valence-electron chi connectivity index (χ4n) is 1.33. The summed E-state index contributed by atoms with van der Waals surface area (Å²) in [5, 5.41) is 7.90. The first-order valence-corrected chi connectivity index (χ1v) is 7.42. The van der Waals surface area contributed by atoms with Crippen molar-refractivity contribution in [3.8, 4) is 0 Å². The number of hydrogen-bond donors (Lipinski definition) is 1. The lowest BCUT2D eigenvalue weighted by Crippen LogP contribution is -2.25. The van der Waals surface area contributed by atoms with E-state index in [4.69, 9.17) is 5.73 Å². The first-order valence-electron chi connectivity index (χ1n) is 5.36. The zero-order chi connectivity index (χ0) is 12.9. The van der Waals surface area contributed by atoms with Gasteiger partial charge in [-0.3, -0.25) is 9.58 Å². The molecule has 7 nitrogen and oxygen atoms in total. The predicted octanol–water partition coefficient (Wildman–Crippen LogP) is -1.29. The molecule has 0 spiro atoms. The maximum absolute atomic E-state index is 11.0. The van der Waals surface area contributed by atoms with Crippen molar-refractivity contribution < 1.29 is 8.42 Å². The topological polar surface area (TPSA) is 94.1 Å². The van der Waals surface area contributed by atoms with Crippen molar-refractivity contribution in [3.05, 3.63) is 11.9 Å². The quantitative estimate of drug-likeness (QED) is 0.656. The Morgan fingerprint density at radius 2 is 2.24 bits per heavy atom. The van der Waals surface area contributed by atoms with E-state index in [1.165, 1.54) is 6.26 Å². The Labute approximate surface area is 102 Å². The smallest absolute Gasteiger partial charge is 0.148 e. The van der Waals surface area contributed by atoms with Crippen molar-refractivity contribution in [2.75, 3.05) is 32.1 Å². The average Bonchev–Trinajstić information content (AvgIpc) is 2.62. The van der Waals surface area contributed by atoms with Crippen molar-refractivity contribution in [1.82, 2.24) is 19.9 Å². The Morgan fingerprint density at radius 1 is 1.53 bits per heavy atom. The van der Waals surface area contributed by atoms with E-state index >= 15 is 0 Å². The van der Waals surface area contributed by atoms with Gasteiger partial charge in [0.15, 0.2) is 0 Å². The summed E-state index contributed by atoms with van der Waals surface area (Å²) >= 11 is 0. The Kier molecular flexibility index (Phi) is 5.03. The van der Waals surface area contributed by atoms with Gasteiger partial charge < -0.3 is 5.73 Å². The highest BCUT2D eigenvalue weighted by Crippen LogP contribution is 1.98. The van der Waals surface area contributed by atoms with Gasteiger partial charge in [0, 0.05) is 32.1 Å². The molecule has 0 atom stereocenters. The fourth-order valence-corrected chi connectivity index (χ4v) is 1.97. The lowest BCUT2D eigenvalue weighted by atomic mass is 10.4. The Bertz CT molecular complexity index is 442. The van der Waals surface area contributed by atoms with Crippen LogP contribution in [0.1, 0.15) is 5.69 Å². The van der Waals surface area contributed by atoms with E-state index in [0.29, 0.717) is 26.2 Å². The molecule has 17 heavy (non-hydrogen) atoms. The highest BCUT2D eigenvalue weighted by Gasteiger charge is 2.08. The van der Waals surface area contributed by atoms with Gasteiger partial charge in [0.1, 0.15) is 9.84 Å². The van der Waals surface area contributed by atoms with Crippen LogP contribution in [0.15, 0.2) is 6.20 Å². The summed E-state index contributed by atoms with van der Waals surface area (Å²) in [7, 11) is -1.06. The molecule has 0 unspecified atom stereocenters. The van der Waals surface area contributed by atoms with Crippen molar-refractivity contribution >= 4 is 9.84 Å². The maximum atomic E-state index is 11.0. The van der Waals surface area contributed by atoms with Gasteiger partial charge in [-0.05, 0) is 7.05 Å². The molecule has 1 heterocycles. The van der Waals surface area contributed by atoms with Gasteiger partial charge >= 0.3 is 0 Å². The minimum atomic E-state index is -2.91. The highest BCUT2D eigenvalue weighted by atomic mass is 32.2. The van der Waals surface area contributed by atoms with Crippen LogP contribution in [-0.4, -0.2) is 60.5 Å². The van der Waals surface area contributed by atoms with Gasteiger partial charge in [0.25, 0.3) is 0 Å². The monoisotopic (exact) mass is 261 g/mol. The van der Waals surface area contributed by atoms with Crippen LogP contribution >= 0.6 is 0 Å².